The van der Waals surface area contributed by atoms with Crippen molar-refractivity contribution >= 4 is 17.4 Å². The molecule has 0 amide bonds. The Kier molecular flexibility index (Phi) is 5.00. The molecule has 1 atom stereocenters. The fourth-order valence-electron chi connectivity index (χ4n) is 2.14. The van der Waals surface area contributed by atoms with E-state index in [1.54, 1.807) is 0 Å². The number of Topliss-reactive ketones (excluding diaryl/α,β-unsaturated/α-hetero) is 1. The predicted molar refractivity (Wildman–Crippen MR) is 87.5 cm³/mol. The quantitative estimate of drug-likeness (QED) is 0.632. The number of benzene rings is 2. The molecule has 1 heterocycles. The normalized spacial score (nSPS) is 11.8. The van der Waals surface area contributed by atoms with Crippen LogP contribution in [0.5, 0.6) is 6.01 Å². The molecule has 1 unspecified atom stereocenters. The summed E-state index contributed by atoms with van der Waals surface area (Å²) in [5, 5.41) is 0.315. The van der Waals surface area contributed by atoms with Gasteiger partial charge < -0.3 is 4.74 Å². The Labute approximate surface area is 147 Å². The van der Waals surface area contributed by atoms with Gasteiger partial charge in [-0.3, -0.25) is 4.79 Å². The van der Waals surface area contributed by atoms with Crippen molar-refractivity contribution in [1.82, 2.24) is 9.97 Å². The van der Waals surface area contributed by atoms with Gasteiger partial charge in [0, 0.05) is 11.1 Å². The van der Waals surface area contributed by atoms with Crippen molar-refractivity contribution in [3.05, 3.63) is 88.7 Å². The largest absolute Gasteiger partial charge is 0.447 e. The number of halogens is 3. The Hall–Kier alpha value is -2.86. The fourth-order valence-corrected chi connectivity index (χ4v) is 2.24. The van der Waals surface area contributed by atoms with E-state index in [1.165, 1.54) is 60.9 Å². The average molecular weight is 361 g/mol. The molecule has 2 aromatic carbocycles. The first-order chi connectivity index (χ1) is 12.0. The molecule has 7 heteroatoms. The van der Waals surface area contributed by atoms with E-state index in [0.29, 0.717) is 10.6 Å². The molecule has 0 aliphatic carbocycles. The maximum absolute atomic E-state index is 13.2. The second-order valence-electron chi connectivity index (χ2n) is 5.10. The van der Waals surface area contributed by atoms with E-state index >= 15 is 0 Å². The van der Waals surface area contributed by atoms with Crippen LogP contribution in [0.1, 0.15) is 22.0 Å². The zero-order chi connectivity index (χ0) is 17.8. The maximum atomic E-state index is 13.2. The van der Waals surface area contributed by atoms with Crippen molar-refractivity contribution in [3.8, 4) is 6.01 Å². The van der Waals surface area contributed by atoms with Crippen molar-refractivity contribution < 1.29 is 18.3 Å². The summed E-state index contributed by atoms with van der Waals surface area (Å²) in [5.41, 5.74) is 0.652. The van der Waals surface area contributed by atoms with E-state index in [9.17, 15) is 13.6 Å². The van der Waals surface area contributed by atoms with Crippen LogP contribution in [-0.2, 0) is 0 Å². The molecule has 0 saturated heterocycles. The van der Waals surface area contributed by atoms with Gasteiger partial charge in [0.1, 0.15) is 11.6 Å². The number of aromatic nitrogens is 2. The lowest BCUT2D eigenvalue weighted by molar-refractivity contribution is 0.0774. The van der Waals surface area contributed by atoms with Gasteiger partial charge in [-0.2, -0.15) is 0 Å². The number of hydrogen-bond acceptors (Lipinski definition) is 4. The second kappa shape index (κ2) is 7.36. The molecule has 25 heavy (non-hydrogen) atoms. The molecule has 4 nitrogen and oxygen atoms in total. The lowest BCUT2D eigenvalue weighted by Crippen LogP contribution is -2.20. The molecule has 126 valence electrons. The van der Waals surface area contributed by atoms with Gasteiger partial charge in [0.15, 0.2) is 6.10 Å². The average Bonchev–Trinajstić information content (AvgIpc) is 2.62. The summed E-state index contributed by atoms with van der Waals surface area (Å²) in [5.74, 6) is -1.35. The van der Waals surface area contributed by atoms with Crippen molar-refractivity contribution in [1.29, 1.82) is 0 Å². The van der Waals surface area contributed by atoms with Gasteiger partial charge in [0.25, 0.3) is 0 Å². The molecule has 0 aliphatic heterocycles. The van der Waals surface area contributed by atoms with Gasteiger partial charge in [-0.1, -0.05) is 23.7 Å². The van der Waals surface area contributed by atoms with Crippen LogP contribution >= 0.6 is 11.6 Å². The number of hydrogen-bond donors (Lipinski definition) is 0. The van der Waals surface area contributed by atoms with E-state index in [1.807, 2.05) is 0 Å². The lowest BCUT2D eigenvalue weighted by Gasteiger charge is -2.17. The van der Waals surface area contributed by atoms with E-state index in [4.69, 9.17) is 16.3 Å². The van der Waals surface area contributed by atoms with Crippen molar-refractivity contribution in [2.45, 2.75) is 6.10 Å². The minimum absolute atomic E-state index is 0.0609. The molecule has 0 bridgehead atoms. The molecule has 3 aromatic rings. The Balaban J connectivity index is 1.95. The molecule has 0 aliphatic rings. The fraction of sp³-hybridized carbons (Fsp3) is 0.0556. The molecule has 1 aromatic heterocycles. The highest BCUT2D eigenvalue weighted by molar-refractivity contribution is 6.30. The highest BCUT2D eigenvalue weighted by Crippen LogP contribution is 2.24. The first-order valence-electron chi connectivity index (χ1n) is 7.22. The van der Waals surface area contributed by atoms with Gasteiger partial charge >= 0.3 is 6.01 Å². The summed E-state index contributed by atoms with van der Waals surface area (Å²) in [6, 6.07) is 10.3. The summed E-state index contributed by atoms with van der Waals surface area (Å²) >= 11 is 5.73. The summed E-state index contributed by atoms with van der Waals surface area (Å²) in [6.45, 7) is 0. The first kappa shape index (κ1) is 17.0. The standard InChI is InChI=1S/C18H11ClF2N2O2/c19-13-9-22-18(23-10-13)25-17(12-3-7-15(21)8-4-12)16(24)11-1-5-14(20)6-2-11/h1-10,17H. The van der Waals surface area contributed by atoms with Crippen LogP contribution in [-0.4, -0.2) is 15.8 Å². The van der Waals surface area contributed by atoms with Gasteiger partial charge in [-0.05, 0) is 36.4 Å². The van der Waals surface area contributed by atoms with E-state index < -0.39 is 23.5 Å². The lowest BCUT2D eigenvalue weighted by atomic mass is 10.00. The van der Waals surface area contributed by atoms with Crippen LogP contribution in [0.3, 0.4) is 0 Å². The van der Waals surface area contributed by atoms with Crippen molar-refractivity contribution in [3.63, 3.8) is 0 Å². The van der Waals surface area contributed by atoms with Crippen molar-refractivity contribution in [2.75, 3.05) is 0 Å². The Morgan fingerprint density at radius 2 is 1.44 bits per heavy atom. The first-order valence-corrected chi connectivity index (χ1v) is 7.60. The predicted octanol–water partition coefficient (Wildman–Crippen LogP) is 4.41. The van der Waals surface area contributed by atoms with Crippen LogP contribution in [0.15, 0.2) is 60.9 Å². The third-order valence-corrected chi connectivity index (χ3v) is 3.55. The molecule has 0 N–H and O–H groups in total. The van der Waals surface area contributed by atoms with Crippen LogP contribution in [0.2, 0.25) is 5.02 Å². The van der Waals surface area contributed by atoms with Crippen LogP contribution in [0, 0.1) is 11.6 Å². The molecule has 3 rings (SSSR count). The molecule has 0 radical (unpaired) electrons. The minimum atomic E-state index is -1.12. The summed E-state index contributed by atoms with van der Waals surface area (Å²) in [4.78, 5) is 20.6. The Morgan fingerprint density at radius 3 is 2.00 bits per heavy atom. The van der Waals surface area contributed by atoms with E-state index in [-0.39, 0.29) is 11.6 Å². The summed E-state index contributed by atoms with van der Waals surface area (Å²) in [7, 11) is 0. The van der Waals surface area contributed by atoms with E-state index in [0.717, 1.165) is 0 Å². The number of ether oxygens (including phenoxy) is 1. The SMILES string of the molecule is O=C(c1ccc(F)cc1)C(Oc1ncc(Cl)cn1)c1ccc(F)cc1. The molecule has 0 fully saturated rings. The monoisotopic (exact) mass is 360 g/mol. The zero-order valence-corrected chi connectivity index (χ0v) is 13.5. The molecular weight excluding hydrogens is 350 g/mol. The number of carbonyl (C=O) groups is 1. The number of ketones is 1. The van der Waals surface area contributed by atoms with E-state index in [2.05, 4.69) is 9.97 Å². The highest BCUT2D eigenvalue weighted by atomic mass is 35.5. The van der Waals surface area contributed by atoms with Gasteiger partial charge in [0.2, 0.25) is 5.78 Å². The molecule has 0 spiro atoms. The van der Waals surface area contributed by atoms with Crippen LogP contribution < -0.4 is 4.74 Å². The van der Waals surface area contributed by atoms with Crippen molar-refractivity contribution in [2.24, 2.45) is 0 Å². The number of nitrogens with zero attached hydrogens (tertiary/aromatic N) is 2. The zero-order valence-electron chi connectivity index (χ0n) is 12.7. The minimum Gasteiger partial charge on any atom is -0.447 e. The van der Waals surface area contributed by atoms with Crippen LogP contribution in [0.4, 0.5) is 8.78 Å². The molecular formula is C18H11ClF2N2O2. The topological polar surface area (TPSA) is 52.1 Å². The van der Waals surface area contributed by atoms with Gasteiger partial charge in [0.05, 0.1) is 17.4 Å². The maximum Gasteiger partial charge on any atom is 0.317 e. The third-order valence-electron chi connectivity index (χ3n) is 3.36. The molecule has 0 saturated carbocycles. The Bertz CT molecular complexity index is 869. The highest BCUT2D eigenvalue weighted by Gasteiger charge is 2.25. The van der Waals surface area contributed by atoms with Gasteiger partial charge in [-0.25, -0.2) is 18.7 Å². The van der Waals surface area contributed by atoms with Crippen LogP contribution in [0.25, 0.3) is 0 Å². The smallest absolute Gasteiger partial charge is 0.317 e. The summed E-state index contributed by atoms with van der Waals surface area (Å²) in [6.07, 6.45) is 1.54. The third kappa shape index (κ3) is 4.16. The number of rotatable bonds is 5. The summed E-state index contributed by atoms with van der Waals surface area (Å²) < 4.78 is 31.9. The van der Waals surface area contributed by atoms with Gasteiger partial charge in [-0.15, -0.1) is 0 Å². The second-order valence-corrected chi connectivity index (χ2v) is 5.54. The number of carbonyl (C=O) groups excluding carboxylic acids is 1. The Morgan fingerprint density at radius 1 is 0.920 bits per heavy atom.